The summed E-state index contributed by atoms with van der Waals surface area (Å²) in [7, 11) is 1.30. The van der Waals surface area contributed by atoms with Gasteiger partial charge < -0.3 is 4.74 Å². The molecular weight excluding hydrogens is 204 g/mol. The van der Waals surface area contributed by atoms with E-state index in [1.54, 1.807) is 0 Å². The van der Waals surface area contributed by atoms with Crippen molar-refractivity contribution in [3.8, 4) is 0 Å². The van der Waals surface area contributed by atoms with Crippen LogP contribution in [0.5, 0.6) is 0 Å². The van der Waals surface area contributed by atoms with Gasteiger partial charge in [0.15, 0.2) is 10.8 Å². The van der Waals surface area contributed by atoms with Crippen LogP contribution in [-0.2, 0) is 11.2 Å². The number of carbonyl (C=O) groups excluding carboxylic acids is 1. The van der Waals surface area contributed by atoms with E-state index in [0.717, 1.165) is 6.42 Å². The summed E-state index contributed by atoms with van der Waals surface area (Å²) in [5.41, 5.74) is 0.831. The molecule has 5 heteroatoms. The molecule has 0 amide bonds. The molecule has 0 aliphatic carbocycles. The van der Waals surface area contributed by atoms with E-state index in [0.29, 0.717) is 17.3 Å². The summed E-state index contributed by atoms with van der Waals surface area (Å²) in [4.78, 5) is 19.0. The standard InChI is InChI=1S/C9H11ClN2O2/c1-3-4-6-8(10)11-5-7(12-6)9(13)14-2/h5H,3-4H2,1-2H3. The van der Waals surface area contributed by atoms with Crippen molar-refractivity contribution in [2.24, 2.45) is 0 Å². The number of nitrogens with zero attached hydrogens (tertiary/aromatic N) is 2. The minimum Gasteiger partial charge on any atom is -0.464 e. The number of hydrogen-bond donors (Lipinski definition) is 0. The highest BCUT2D eigenvalue weighted by atomic mass is 35.5. The highest BCUT2D eigenvalue weighted by molar-refractivity contribution is 6.30. The van der Waals surface area contributed by atoms with Gasteiger partial charge in [0.2, 0.25) is 0 Å². The number of aryl methyl sites for hydroxylation is 1. The molecule has 0 spiro atoms. The number of methoxy groups -OCH3 is 1. The SMILES string of the molecule is CCCc1nc(C(=O)OC)cnc1Cl. The van der Waals surface area contributed by atoms with Crippen LogP contribution in [0.25, 0.3) is 0 Å². The van der Waals surface area contributed by atoms with Crippen LogP contribution in [0.3, 0.4) is 0 Å². The molecule has 0 fully saturated rings. The predicted octanol–water partition coefficient (Wildman–Crippen LogP) is 1.87. The molecular formula is C9H11ClN2O2. The van der Waals surface area contributed by atoms with Crippen molar-refractivity contribution >= 4 is 17.6 Å². The van der Waals surface area contributed by atoms with Gasteiger partial charge in [0.1, 0.15) is 0 Å². The zero-order valence-corrected chi connectivity index (χ0v) is 8.84. The van der Waals surface area contributed by atoms with Crippen LogP contribution in [0, 0.1) is 0 Å². The van der Waals surface area contributed by atoms with Gasteiger partial charge in [0, 0.05) is 0 Å². The van der Waals surface area contributed by atoms with Gasteiger partial charge in [-0.2, -0.15) is 0 Å². The van der Waals surface area contributed by atoms with Gasteiger partial charge in [-0.25, -0.2) is 14.8 Å². The molecule has 0 aliphatic rings. The topological polar surface area (TPSA) is 52.1 Å². The van der Waals surface area contributed by atoms with E-state index in [1.807, 2.05) is 6.92 Å². The summed E-state index contributed by atoms with van der Waals surface area (Å²) in [6, 6.07) is 0. The van der Waals surface area contributed by atoms with Crippen molar-refractivity contribution in [3.63, 3.8) is 0 Å². The molecule has 76 valence electrons. The minimum absolute atomic E-state index is 0.195. The van der Waals surface area contributed by atoms with E-state index in [1.165, 1.54) is 13.3 Å². The molecule has 0 radical (unpaired) electrons. The average Bonchev–Trinajstić information content (AvgIpc) is 2.20. The Morgan fingerprint density at radius 3 is 2.93 bits per heavy atom. The van der Waals surface area contributed by atoms with Crippen molar-refractivity contribution in [1.29, 1.82) is 0 Å². The van der Waals surface area contributed by atoms with E-state index in [-0.39, 0.29) is 5.69 Å². The molecule has 0 atom stereocenters. The zero-order chi connectivity index (χ0) is 10.6. The van der Waals surface area contributed by atoms with Gasteiger partial charge in [0.25, 0.3) is 0 Å². The molecule has 14 heavy (non-hydrogen) atoms. The monoisotopic (exact) mass is 214 g/mol. The third-order valence-corrected chi connectivity index (χ3v) is 1.99. The van der Waals surface area contributed by atoms with E-state index in [2.05, 4.69) is 14.7 Å². The number of rotatable bonds is 3. The molecule has 0 unspecified atom stereocenters. The Bertz CT molecular complexity index is 342. The van der Waals surface area contributed by atoms with E-state index >= 15 is 0 Å². The van der Waals surface area contributed by atoms with Crippen LogP contribution >= 0.6 is 11.6 Å². The molecule has 0 N–H and O–H groups in total. The van der Waals surface area contributed by atoms with Gasteiger partial charge >= 0.3 is 5.97 Å². The Hall–Kier alpha value is -1.16. The molecule has 1 heterocycles. The zero-order valence-electron chi connectivity index (χ0n) is 8.08. The maximum Gasteiger partial charge on any atom is 0.358 e. The minimum atomic E-state index is -0.494. The van der Waals surface area contributed by atoms with E-state index in [4.69, 9.17) is 11.6 Å². The summed E-state index contributed by atoms with van der Waals surface area (Å²) in [6.07, 6.45) is 2.92. The highest BCUT2D eigenvalue weighted by Gasteiger charge is 2.11. The first-order valence-corrected chi connectivity index (χ1v) is 4.66. The van der Waals surface area contributed by atoms with Gasteiger partial charge in [-0.05, 0) is 6.42 Å². The lowest BCUT2D eigenvalue weighted by Crippen LogP contribution is -2.07. The third-order valence-electron chi connectivity index (χ3n) is 1.68. The number of ether oxygens (including phenoxy) is 1. The van der Waals surface area contributed by atoms with Gasteiger partial charge in [-0.15, -0.1) is 0 Å². The summed E-state index contributed by atoms with van der Waals surface area (Å²) in [6.45, 7) is 2.00. The van der Waals surface area contributed by atoms with E-state index in [9.17, 15) is 4.79 Å². The van der Waals surface area contributed by atoms with Crippen molar-refractivity contribution in [3.05, 3.63) is 22.7 Å². The number of hydrogen-bond acceptors (Lipinski definition) is 4. The first kappa shape index (κ1) is 10.9. The molecule has 0 saturated heterocycles. The summed E-state index contributed by atoms with van der Waals surface area (Å²) >= 11 is 5.80. The Morgan fingerprint density at radius 1 is 1.64 bits per heavy atom. The second-order valence-corrected chi connectivity index (χ2v) is 3.09. The summed E-state index contributed by atoms with van der Waals surface area (Å²) in [5, 5.41) is 0.347. The second-order valence-electron chi connectivity index (χ2n) is 2.73. The lowest BCUT2D eigenvalue weighted by Gasteiger charge is -2.03. The number of esters is 1. The molecule has 1 rings (SSSR count). The second kappa shape index (κ2) is 4.91. The Kier molecular flexibility index (Phi) is 3.83. The third kappa shape index (κ3) is 2.42. The van der Waals surface area contributed by atoms with Crippen molar-refractivity contribution in [1.82, 2.24) is 9.97 Å². The van der Waals surface area contributed by atoms with Crippen LogP contribution in [0.1, 0.15) is 29.5 Å². The van der Waals surface area contributed by atoms with Crippen LogP contribution < -0.4 is 0 Å². The van der Waals surface area contributed by atoms with Gasteiger partial charge in [-0.1, -0.05) is 24.9 Å². The quantitative estimate of drug-likeness (QED) is 0.721. The fraction of sp³-hybridized carbons (Fsp3) is 0.444. The summed E-state index contributed by atoms with van der Waals surface area (Å²) in [5.74, 6) is -0.494. The lowest BCUT2D eigenvalue weighted by molar-refractivity contribution is 0.0593. The van der Waals surface area contributed by atoms with Crippen molar-refractivity contribution in [2.45, 2.75) is 19.8 Å². The fourth-order valence-corrected chi connectivity index (χ4v) is 1.20. The maximum atomic E-state index is 11.1. The Morgan fingerprint density at radius 2 is 2.36 bits per heavy atom. The number of halogens is 1. The smallest absolute Gasteiger partial charge is 0.358 e. The molecule has 0 bridgehead atoms. The number of carbonyl (C=O) groups is 1. The normalized spacial score (nSPS) is 9.93. The van der Waals surface area contributed by atoms with Crippen LogP contribution in [0.4, 0.5) is 0 Å². The molecule has 0 aliphatic heterocycles. The van der Waals surface area contributed by atoms with Crippen LogP contribution in [0.2, 0.25) is 5.15 Å². The van der Waals surface area contributed by atoms with Crippen LogP contribution in [0.15, 0.2) is 6.20 Å². The lowest BCUT2D eigenvalue weighted by atomic mass is 10.2. The van der Waals surface area contributed by atoms with Crippen molar-refractivity contribution in [2.75, 3.05) is 7.11 Å². The molecule has 0 aromatic carbocycles. The van der Waals surface area contributed by atoms with Gasteiger partial charge in [0.05, 0.1) is 19.0 Å². The average molecular weight is 215 g/mol. The highest BCUT2D eigenvalue weighted by Crippen LogP contribution is 2.12. The van der Waals surface area contributed by atoms with E-state index < -0.39 is 5.97 Å². The molecule has 1 aromatic rings. The first-order valence-electron chi connectivity index (χ1n) is 4.28. The van der Waals surface area contributed by atoms with Gasteiger partial charge in [-0.3, -0.25) is 0 Å². The molecule has 0 saturated carbocycles. The fourth-order valence-electron chi connectivity index (χ4n) is 1.01. The molecule has 4 nitrogen and oxygen atoms in total. The first-order chi connectivity index (χ1) is 6.69. The predicted molar refractivity (Wildman–Crippen MR) is 52.4 cm³/mol. The summed E-state index contributed by atoms with van der Waals surface area (Å²) < 4.78 is 4.52. The Balaban J connectivity index is 2.99. The van der Waals surface area contributed by atoms with Crippen molar-refractivity contribution < 1.29 is 9.53 Å². The maximum absolute atomic E-state index is 11.1. The molecule has 1 aromatic heterocycles. The number of aromatic nitrogens is 2. The Labute approximate surface area is 87.3 Å². The largest absolute Gasteiger partial charge is 0.464 e. The van der Waals surface area contributed by atoms with Crippen LogP contribution in [-0.4, -0.2) is 23.0 Å².